The average Bonchev–Trinajstić information content (AvgIpc) is 2.90. The summed E-state index contributed by atoms with van der Waals surface area (Å²) < 4.78 is 17.0. The number of urea groups is 1. The Balaban J connectivity index is 1.52. The van der Waals surface area contributed by atoms with Crippen molar-refractivity contribution in [3.8, 4) is 23.0 Å². The van der Waals surface area contributed by atoms with Crippen molar-refractivity contribution < 1.29 is 23.8 Å². The van der Waals surface area contributed by atoms with Crippen LogP contribution in [0.1, 0.15) is 5.56 Å². The zero-order valence-corrected chi connectivity index (χ0v) is 20.6. The van der Waals surface area contributed by atoms with E-state index < -0.39 is 6.03 Å². The second-order valence-corrected chi connectivity index (χ2v) is 7.97. The summed E-state index contributed by atoms with van der Waals surface area (Å²) >= 11 is 0. The van der Waals surface area contributed by atoms with E-state index in [9.17, 15) is 9.59 Å². The molecular weight excluding hydrogens is 472 g/mol. The molecule has 0 atom stereocenters. The van der Waals surface area contributed by atoms with E-state index in [1.807, 2.05) is 19.1 Å². The Morgan fingerprint density at radius 1 is 0.811 bits per heavy atom. The van der Waals surface area contributed by atoms with Gasteiger partial charge in [-0.2, -0.15) is 0 Å². The van der Waals surface area contributed by atoms with E-state index in [0.29, 0.717) is 45.6 Å². The Hall–Kier alpha value is -5.05. The van der Waals surface area contributed by atoms with Gasteiger partial charge in [0, 0.05) is 40.8 Å². The molecule has 4 rings (SSSR count). The fourth-order valence-electron chi connectivity index (χ4n) is 3.60. The molecular formula is C28H26N4O5. The normalized spacial score (nSPS) is 10.4. The maximum absolute atomic E-state index is 12.6. The van der Waals surface area contributed by atoms with Gasteiger partial charge in [-0.05, 0) is 55.0 Å². The molecule has 1 aromatic heterocycles. The van der Waals surface area contributed by atoms with Crippen LogP contribution in [-0.4, -0.2) is 31.1 Å². The van der Waals surface area contributed by atoms with Crippen molar-refractivity contribution in [2.24, 2.45) is 0 Å². The van der Waals surface area contributed by atoms with Gasteiger partial charge in [0.1, 0.15) is 11.5 Å². The van der Waals surface area contributed by atoms with Gasteiger partial charge in [-0.15, -0.1) is 0 Å². The average molecular weight is 499 g/mol. The minimum absolute atomic E-state index is 0.339. The highest BCUT2D eigenvalue weighted by Crippen LogP contribution is 2.38. The Morgan fingerprint density at radius 2 is 1.49 bits per heavy atom. The number of nitrogens with zero attached hydrogens (tertiary/aromatic N) is 1. The van der Waals surface area contributed by atoms with Gasteiger partial charge in [-0.25, -0.2) is 4.79 Å². The smallest absolute Gasteiger partial charge is 0.323 e. The zero-order chi connectivity index (χ0) is 26.4. The van der Waals surface area contributed by atoms with E-state index in [2.05, 4.69) is 27.5 Å². The molecule has 0 saturated carbocycles. The van der Waals surface area contributed by atoms with Crippen molar-refractivity contribution in [1.29, 1.82) is 0 Å². The minimum atomic E-state index is -0.451. The van der Waals surface area contributed by atoms with Crippen molar-refractivity contribution in [2.45, 2.75) is 6.92 Å². The number of pyridine rings is 1. The zero-order valence-electron chi connectivity index (χ0n) is 20.6. The van der Waals surface area contributed by atoms with Crippen LogP contribution in [0.25, 0.3) is 10.9 Å². The molecule has 0 aliphatic rings. The number of anilines is 3. The molecule has 1 heterocycles. The Morgan fingerprint density at radius 3 is 2.19 bits per heavy atom. The number of benzene rings is 3. The lowest BCUT2D eigenvalue weighted by Crippen LogP contribution is -2.19. The van der Waals surface area contributed by atoms with Crippen molar-refractivity contribution in [2.75, 3.05) is 30.2 Å². The first-order valence-corrected chi connectivity index (χ1v) is 11.3. The number of amides is 3. The Labute approximate surface area is 214 Å². The first-order valence-electron chi connectivity index (χ1n) is 11.3. The highest BCUT2D eigenvalue weighted by atomic mass is 16.5. The van der Waals surface area contributed by atoms with E-state index in [4.69, 9.17) is 14.2 Å². The van der Waals surface area contributed by atoms with Crippen LogP contribution >= 0.6 is 0 Å². The number of carbonyl (C=O) groups excluding carboxylic acids is 2. The van der Waals surface area contributed by atoms with Crippen LogP contribution in [0.2, 0.25) is 0 Å². The molecule has 0 spiro atoms. The fraction of sp³-hybridized carbons (Fsp3) is 0.107. The maximum atomic E-state index is 12.6. The molecule has 9 heteroatoms. The van der Waals surface area contributed by atoms with Gasteiger partial charge in [0.2, 0.25) is 5.91 Å². The van der Waals surface area contributed by atoms with E-state index in [1.54, 1.807) is 68.9 Å². The number of nitrogens with one attached hydrogen (secondary N) is 3. The summed E-state index contributed by atoms with van der Waals surface area (Å²) in [7, 11) is 3.14. The van der Waals surface area contributed by atoms with Gasteiger partial charge in [0.15, 0.2) is 11.5 Å². The third-order valence-electron chi connectivity index (χ3n) is 5.45. The third-order valence-corrected chi connectivity index (χ3v) is 5.45. The number of ether oxygens (including phenoxy) is 3. The number of aromatic nitrogens is 1. The van der Waals surface area contributed by atoms with E-state index in [1.165, 1.54) is 6.08 Å². The number of fused-ring (bicyclic) bond motifs is 1. The Bertz CT molecular complexity index is 1490. The van der Waals surface area contributed by atoms with Gasteiger partial charge in [-0.3, -0.25) is 9.78 Å². The molecule has 3 amide bonds. The van der Waals surface area contributed by atoms with Crippen LogP contribution in [0.15, 0.2) is 79.5 Å². The van der Waals surface area contributed by atoms with Crippen LogP contribution in [0.4, 0.5) is 21.9 Å². The number of hydrogen-bond donors (Lipinski definition) is 3. The van der Waals surface area contributed by atoms with Gasteiger partial charge in [-0.1, -0.05) is 18.7 Å². The van der Waals surface area contributed by atoms with Crippen LogP contribution in [0.3, 0.4) is 0 Å². The largest absolute Gasteiger partial charge is 0.493 e. The molecule has 0 saturated heterocycles. The SMILES string of the molecule is C=CC(=O)Nc1cccc(NC(=O)Nc2ccc(C)c(Oc3ccnc4cc(OC)c(OC)cc34)c2)c1. The van der Waals surface area contributed by atoms with E-state index >= 15 is 0 Å². The second kappa shape index (κ2) is 11.1. The topological polar surface area (TPSA) is 111 Å². The molecule has 0 unspecified atom stereocenters. The van der Waals surface area contributed by atoms with Crippen LogP contribution in [-0.2, 0) is 4.79 Å². The maximum Gasteiger partial charge on any atom is 0.323 e. The molecule has 188 valence electrons. The van der Waals surface area contributed by atoms with Crippen molar-refractivity contribution >= 4 is 39.9 Å². The lowest BCUT2D eigenvalue weighted by atomic mass is 10.1. The summed E-state index contributed by atoms with van der Waals surface area (Å²) in [5, 5.41) is 8.96. The quantitative estimate of drug-likeness (QED) is 0.252. The number of hydrogen-bond acceptors (Lipinski definition) is 6. The second-order valence-electron chi connectivity index (χ2n) is 7.97. The van der Waals surface area contributed by atoms with Gasteiger partial charge >= 0.3 is 6.03 Å². The molecule has 0 aliphatic heterocycles. The summed E-state index contributed by atoms with van der Waals surface area (Å²) in [4.78, 5) is 28.6. The molecule has 0 aliphatic carbocycles. The highest BCUT2D eigenvalue weighted by Gasteiger charge is 2.13. The number of rotatable bonds is 8. The molecule has 0 radical (unpaired) electrons. The van der Waals surface area contributed by atoms with E-state index in [0.717, 1.165) is 10.9 Å². The summed E-state index contributed by atoms with van der Waals surface area (Å²) in [6.45, 7) is 5.34. The fourth-order valence-corrected chi connectivity index (χ4v) is 3.60. The summed E-state index contributed by atoms with van der Waals surface area (Å²) in [6, 6.07) is 17.1. The van der Waals surface area contributed by atoms with Crippen molar-refractivity contribution in [3.63, 3.8) is 0 Å². The van der Waals surface area contributed by atoms with Gasteiger partial charge < -0.3 is 30.2 Å². The highest BCUT2D eigenvalue weighted by molar-refractivity contribution is 6.02. The molecule has 0 bridgehead atoms. The number of aryl methyl sites for hydroxylation is 1. The molecule has 3 N–H and O–H groups in total. The van der Waals surface area contributed by atoms with Crippen LogP contribution in [0, 0.1) is 6.92 Å². The summed E-state index contributed by atoms with van der Waals surface area (Å²) in [6.07, 6.45) is 2.83. The summed E-state index contributed by atoms with van der Waals surface area (Å²) in [5.41, 5.74) is 3.14. The third kappa shape index (κ3) is 5.96. The van der Waals surface area contributed by atoms with E-state index in [-0.39, 0.29) is 5.91 Å². The molecule has 3 aromatic carbocycles. The lowest BCUT2D eigenvalue weighted by molar-refractivity contribution is -0.111. The summed E-state index contributed by atoms with van der Waals surface area (Å²) in [5.74, 6) is 1.93. The van der Waals surface area contributed by atoms with Crippen LogP contribution in [0.5, 0.6) is 23.0 Å². The predicted molar refractivity (Wildman–Crippen MR) is 144 cm³/mol. The molecule has 4 aromatic rings. The molecule has 37 heavy (non-hydrogen) atoms. The first-order chi connectivity index (χ1) is 17.9. The lowest BCUT2D eigenvalue weighted by Gasteiger charge is -2.15. The van der Waals surface area contributed by atoms with Crippen molar-refractivity contribution in [1.82, 2.24) is 4.98 Å². The Kier molecular flexibility index (Phi) is 7.53. The van der Waals surface area contributed by atoms with Gasteiger partial charge in [0.25, 0.3) is 0 Å². The monoisotopic (exact) mass is 498 g/mol. The first kappa shape index (κ1) is 25.1. The predicted octanol–water partition coefficient (Wildman–Crippen LogP) is 6.12. The molecule has 0 fully saturated rings. The number of methoxy groups -OCH3 is 2. The van der Waals surface area contributed by atoms with Crippen LogP contribution < -0.4 is 30.2 Å². The van der Waals surface area contributed by atoms with Gasteiger partial charge in [0.05, 0.1) is 19.7 Å². The molecule has 9 nitrogen and oxygen atoms in total. The van der Waals surface area contributed by atoms with Crippen molar-refractivity contribution in [3.05, 3.63) is 85.1 Å². The number of carbonyl (C=O) groups is 2. The standard InChI is InChI=1S/C28H26N4O5/c1-5-27(33)30-18-7-6-8-19(13-18)31-28(34)32-20-10-9-17(2)24(14-20)37-23-11-12-29-22-16-26(36-4)25(35-3)15-21(22)23/h5-16H,1H2,2-4H3,(H,30,33)(H2,31,32,34). The minimum Gasteiger partial charge on any atom is -0.493 e.